The van der Waals surface area contributed by atoms with Crippen LogP contribution in [-0.4, -0.2) is 48.1 Å². The van der Waals surface area contributed by atoms with Gasteiger partial charge in [-0.15, -0.1) is 0 Å². The van der Waals surface area contributed by atoms with Crippen molar-refractivity contribution in [2.75, 3.05) is 26.3 Å². The zero-order chi connectivity index (χ0) is 14.4. The average molecular weight is 277 g/mol. The number of rotatable bonds is 6. The Balaban J connectivity index is 1.92. The molecule has 20 heavy (non-hydrogen) atoms. The number of aliphatic hydroxyl groups is 1. The highest BCUT2D eigenvalue weighted by molar-refractivity contribution is 5.75. The van der Waals surface area contributed by atoms with Gasteiger partial charge >= 0.3 is 0 Å². The van der Waals surface area contributed by atoms with Crippen molar-refractivity contribution in [3.8, 4) is 0 Å². The van der Waals surface area contributed by atoms with Crippen LogP contribution in [-0.2, 0) is 9.53 Å². The summed E-state index contributed by atoms with van der Waals surface area (Å²) in [5, 5.41) is 10.3. The molecule has 1 fully saturated rings. The maximum atomic E-state index is 11.1. The molecule has 4 nitrogen and oxygen atoms in total. The lowest BCUT2D eigenvalue weighted by Crippen LogP contribution is -2.46. The van der Waals surface area contributed by atoms with Gasteiger partial charge in [-0.1, -0.05) is 30.3 Å². The number of hydrogen-bond acceptors (Lipinski definition) is 4. The number of carbonyl (C=O) groups excluding carboxylic acids is 1. The molecule has 0 aliphatic carbocycles. The van der Waals surface area contributed by atoms with Crippen LogP contribution in [0.15, 0.2) is 30.3 Å². The predicted octanol–water partition coefficient (Wildman–Crippen LogP) is 1.79. The van der Waals surface area contributed by atoms with E-state index < -0.39 is 6.10 Å². The molecule has 1 saturated heterocycles. The van der Waals surface area contributed by atoms with Gasteiger partial charge in [-0.2, -0.15) is 0 Å². The minimum atomic E-state index is -0.484. The average Bonchev–Trinajstić information content (AvgIpc) is 2.47. The molecule has 1 N–H and O–H groups in total. The van der Waals surface area contributed by atoms with Gasteiger partial charge < -0.3 is 9.84 Å². The van der Waals surface area contributed by atoms with E-state index in [2.05, 4.69) is 4.90 Å². The molecule has 110 valence electrons. The van der Waals surface area contributed by atoms with Gasteiger partial charge in [0.1, 0.15) is 5.78 Å². The van der Waals surface area contributed by atoms with Crippen LogP contribution in [0.4, 0.5) is 0 Å². The van der Waals surface area contributed by atoms with Crippen LogP contribution in [0.2, 0.25) is 0 Å². The summed E-state index contributed by atoms with van der Waals surface area (Å²) >= 11 is 0. The van der Waals surface area contributed by atoms with Crippen LogP contribution in [0.3, 0.4) is 0 Å². The van der Waals surface area contributed by atoms with Gasteiger partial charge in [0.2, 0.25) is 0 Å². The molecule has 0 amide bonds. The number of ketones is 1. The van der Waals surface area contributed by atoms with Gasteiger partial charge in [-0.25, -0.2) is 0 Å². The third kappa shape index (κ3) is 4.40. The van der Waals surface area contributed by atoms with Gasteiger partial charge in [0.25, 0.3) is 0 Å². The topological polar surface area (TPSA) is 49.8 Å². The van der Waals surface area contributed by atoms with Crippen molar-refractivity contribution in [3.63, 3.8) is 0 Å². The Labute approximate surface area is 120 Å². The molecule has 0 radical (unpaired) electrons. The number of morpholine rings is 1. The van der Waals surface area contributed by atoms with Crippen molar-refractivity contribution in [2.45, 2.75) is 31.9 Å². The van der Waals surface area contributed by atoms with Crippen LogP contribution in [0.5, 0.6) is 0 Å². The quantitative estimate of drug-likeness (QED) is 0.861. The summed E-state index contributed by atoms with van der Waals surface area (Å²) in [4.78, 5) is 13.4. The minimum Gasteiger partial charge on any atom is -0.388 e. The van der Waals surface area contributed by atoms with Gasteiger partial charge in [0.15, 0.2) is 0 Å². The fourth-order valence-corrected chi connectivity index (χ4v) is 2.57. The lowest BCUT2D eigenvalue weighted by molar-refractivity contribution is -0.118. The fraction of sp³-hybridized carbons (Fsp3) is 0.562. The molecule has 0 bridgehead atoms. The second-order valence-corrected chi connectivity index (χ2v) is 5.38. The third-order valence-electron chi connectivity index (χ3n) is 3.78. The number of aliphatic hydroxyl groups excluding tert-OH is 1. The van der Waals surface area contributed by atoms with E-state index in [4.69, 9.17) is 4.74 Å². The number of Topliss-reactive ketones (excluding diaryl/α,β-unsaturated/α-hetero) is 1. The molecule has 0 aromatic heterocycles. The van der Waals surface area contributed by atoms with Crippen molar-refractivity contribution in [3.05, 3.63) is 35.9 Å². The van der Waals surface area contributed by atoms with Crippen molar-refractivity contribution in [1.82, 2.24) is 4.90 Å². The Hall–Kier alpha value is -1.23. The molecular formula is C16H23NO3. The molecule has 1 aromatic rings. The van der Waals surface area contributed by atoms with Gasteiger partial charge in [0.05, 0.1) is 19.3 Å². The van der Waals surface area contributed by atoms with Crippen molar-refractivity contribution in [2.24, 2.45) is 0 Å². The van der Waals surface area contributed by atoms with Crippen molar-refractivity contribution in [1.29, 1.82) is 0 Å². The van der Waals surface area contributed by atoms with Gasteiger partial charge in [-0.3, -0.25) is 9.69 Å². The third-order valence-corrected chi connectivity index (χ3v) is 3.78. The summed E-state index contributed by atoms with van der Waals surface area (Å²) in [5.74, 6) is 0.207. The van der Waals surface area contributed by atoms with Gasteiger partial charge in [0, 0.05) is 25.6 Å². The van der Waals surface area contributed by atoms with Crippen LogP contribution in [0, 0.1) is 0 Å². The zero-order valence-electron chi connectivity index (χ0n) is 12.0. The Bertz CT molecular complexity index is 421. The Morgan fingerprint density at radius 3 is 2.90 bits per heavy atom. The maximum absolute atomic E-state index is 11.1. The minimum absolute atomic E-state index is 0.179. The number of benzene rings is 1. The number of hydrogen-bond donors (Lipinski definition) is 1. The largest absolute Gasteiger partial charge is 0.388 e. The number of nitrogens with zero attached hydrogens (tertiary/aromatic N) is 1. The van der Waals surface area contributed by atoms with Crippen molar-refractivity contribution < 1.29 is 14.6 Å². The Morgan fingerprint density at radius 2 is 2.20 bits per heavy atom. The standard InChI is InChI=1S/C16H23NO3/c1-13(18)7-8-17-9-10-20-12-15(17)11-16(19)14-5-3-2-4-6-14/h2-6,15-16,19H,7-12H2,1H3. The summed E-state index contributed by atoms with van der Waals surface area (Å²) in [6.45, 7) is 4.54. The highest BCUT2D eigenvalue weighted by Crippen LogP contribution is 2.22. The number of ether oxygens (including phenoxy) is 1. The Morgan fingerprint density at radius 1 is 1.45 bits per heavy atom. The molecule has 0 spiro atoms. The summed E-state index contributed by atoms with van der Waals surface area (Å²) in [7, 11) is 0. The highest BCUT2D eigenvalue weighted by Gasteiger charge is 2.25. The van der Waals surface area contributed by atoms with E-state index in [1.54, 1.807) is 6.92 Å². The first kappa shape index (κ1) is 15.2. The van der Waals surface area contributed by atoms with E-state index >= 15 is 0 Å². The van der Waals surface area contributed by atoms with Crippen LogP contribution in [0.1, 0.15) is 31.4 Å². The molecule has 0 saturated carbocycles. The molecular weight excluding hydrogens is 254 g/mol. The number of carbonyl (C=O) groups is 1. The summed E-state index contributed by atoms with van der Waals surface area (Å²) in [5.41, 5.74) is 0.935. The van der Waals surface area contributed by atoms with Crippen LogP contribution in [0.25, 0.3) is 0 Å². The van der Waals surface area contributed by atoms with E-state index in [1.807, 2.05) is 30.3 Å². The molecule has 1 heterocycles. The second kappa shape index (κ2) is 7.53. The van der Waals surface area contributed by atoms with E-state index in [9.17, 15) is 9.90 Å². The first-order valence-corrected chi connectivity index (χ1v) is 7.21. The molecule has 1 aliphatic rings. The molecule has 1 aliphatic heterocycles. The normalized spacial score (nSPS) is 21.6. The van der Waals surface area contributed by atoms with E-state index in [1.165, 1.54) is 0 Å². The van der Waals surface area contributed by atoms with Crippen LogP contribution < -0.4 is 0 Å². The highest BCUT2D eigenvalue weighted by atomic mass is 16.5. The second-order valence-electron chi connectivity index (χ2n) is 5.38. The summed E-state index contributed by atoms with van der Waals surface area (Å²) in [6.07, 6.45) is 0.725. The first-order valence-electron chi connectivity index (χ1n) is 7.21. The van der Waals surface area contributed by atoms with Gasteiger partial charge in [-0.05, 0) is 18.9 Å². The first-order chi connectivity index (χ1) is 9.66. The molecule has 2 rings (SSSR count). The Kier molecular flexibility index (Phi) is 5.71. The molecule has 2 unspecified atom stereocenters. The van der Waals surface area contributed by atoms with E-state index in [0.717, 1.165) is 18.7 Å². The fourth-order valence-electron chi connectivity index (χ4n) is 2.57. The zero-order valence-corrected chi connectivity index (χ0v) is 12.0. The van der Waals surface area contributed by atoms with E-state index in [0.29, 0.717) is 26.1 Å². The van der Waals surface area contributed by atoms with Crippen molar-refractivity contribution >= 4 is 5.78 Å². The summed E-state index contributed by atoms with van der Waals surface area (Å²) < 4.78 is 5.52. The smallest absolute Gasteiger partial charge is 0.131 e. The SMILES string of the molecule is CC(=O)CCN1CCOCC1CC(O)c1ccccc1. The maximum Gasteiger partial charge on any atom is 0.131 e. The van der Waals surface area contributed by atoms with E-state index in [-0.39, 0.29) is 11.8 Å². The molecule has 1 aromatic carbocycles. The van der Waals surface area contributed by atoms with Crippen LogP contribution >= 0.6 is 0 Å². The predicted molar refractivity (Wildman–Crippen MR) is 77.5 cm³/mol. The molecule has 2 atom stereocenters. The molecule has 4 heteroatoms. The monoisotopic (exact) mass is 277 g/mol. The lowest BCUT2D eigenvalue weighted by atomic mass is 10.0. The lowest BCUT2D eigenvalue weighted by Gasteiger charge is -2.36. The summed E-state index contributed by atoms with van der Waals surface area (Å²) in [6, 6.07) is 9.87.